The Morgan fingerprint density at radius 2 is 2.24 bits per heavy atom. The van der Waals surface area contributed by atoms with Gasteiger partial charge in [-0.2, -0.15) is 0 Å². The molecule has 0 unspecified atom stereocenters. The maximum atomic E-state index is 12.0. The van der Waals surface area contributed by atoms with Crippen LogP contribution in [0.1, 0.15) is 29.4 Å². The summed E-state index contributed by atoms with van der Waals surface area (Å²) in [4.78, 5) is 15.0. The van der Waals surface area contributed by atoms with Gasteiger partial charge in [0.15, 0.2) is 0 Å². The molecule has 0 bridgehead atoms. The van der Waals surface area contributed by atoms with Gasteiger partial charge in [0.05, 0.1) is 11.2 Å². The van der Waals surface area contributed by atoms with Crippen LogP contribution < -0.4 is 5.73 Å². The molecule has 0 atom stereocenters. The minimum absolute atomic E-state index is 0.00462. The first-order chi connectivity index (χ1) is 8.03. The van der Waals surface area contributed by atoms with Crippen molar-refractivity contribution in [2.75, 3.05) is 13.1 Å². The number of piperidine rings is 1. The molecule has 1 aliphatic rings. The molecule has 0 aliphatic carbocycles. The molecule has 17 heavy (non-hydrogen) atoms. The van der Waals surface area contributed by atoms with E-state index in [-0.39, 0.29) is 11.3 Å². The first-order valence-electron chi connectivity index (χ1n) is 5.39. The summed E-state index contributed by atoms with van der Waals surface area (Å²) in [7, 11) is 0. The highest BCUT2D eigenvalue weighted by Crippen LogP contribution is 2.31. The first-order valence-corrected chi connectivity index (χ1v) is 6.58. The number of amides is 1. The van der Waals surface area contributed by atoms with Crippen molar-refractivity contribution in [1.82, 2.24) is 14.5 Å². The first kappa shape index (κ1) is 12.4. The number of rotatable bonds is 2. The molecular weight excluding hydrogens is 256 g/mol. The molecule has 2 rings (SSSR count). The van der Waals surface area contributed by atoms with Gasteiger partial charge in [-0.25, -0.2) is 0 Å². The maximum Gasteiger partial charge on any atom is 0.267 e. The van der Waals surface area contributed by atoms with Gasteiger partial charge in [-0.15, -0.1) is 5.10 Å². The predicted molar refractivity (Wildman–Crippen MR) is 69.9 cm³/mol. The van der Waals surface area contributed by atoms with E-state index in [1.165, 1.54) is 6.20 Å². The lowest BCUT2D eigenvalue weighted by Gasteiger charge is -2.38. The summed E-state index contributed by atoms with van der Waals surface area (Å²) in [6.07, 6.45) is 3.15. The van der Waals surface area contributed by atoms with Crippen molar-refractivity contribution in [3.05, 3.63) is 11.1 Å². The van der Waals surface area contributed by atoms with Gasteiger partial charge < -0.3 is 10.6 Å². The summed E-state index contributed by atoms with van der Waals surface area (Å²) in [5, 5.41) is 3.68. The number of hydrogen-bond donors (Lipinski definition) is 1. The number of hydrogen-bond acceptors (Lipinski definition) is 5. The molecule has 1 aromatic rings. The van der Waals surface area contributed by atoms with Crippen molar-refractivity contribution in [3.63, 3.8) is 0 Å². The van der Waals surface area contributed by atoms with Crippen LogP contribution in [0.5, 0.6) is 0 Å². The van der Waals surface area contributed by atoms with E-state index < -0.39 is 0 Å². The second-order valence-corrected chi connectivity index (χ2v) is 5.72. The Labute approximate surface area is 109 Å². The van der Waals surface area contributed by atoms with E-state index in [2.05, 4.69) is 16.5 Å². The molecule has 0 saturated carbocycles. The van der Waals surface area contributed by atoms with E-state index in [9.17, 15) is 4.79 Å². The molecule has 5 nitrogen and oxygen atoms in total. The third-order valence-corrected chi connectivity index (χ3v) is 4.47. The largest absolute Gasteiger partial charge is 0.393 e. The fourth-order valence-corrected chi connectivity index (χ4v) is 2.55. The van der Waals surface area contributed by atoms with Gasteiger partial charge in [0.2, 0.25) is 0 Å². The maximum absolute atomic E-state index is 12.0. The average Bonchev–Trinajstić information content (AvgIpc) is 2.82. The van der Waals surface area contributed by atoms with Crippen LogP contribution in [0, 0.1) is 5.41 Å². The summed E-state index contributed by atoms with van der Waals surface area (Å²) < 4.78 is 3.70. The highest BCUT2D eigenvalue weighted by Gasteiger charge is 2.34. The molecular formula is C10H14N4OS2. The van der Waals surface area contributed by atoms with Gasteiger partial charge in [0.25, 0.3) is 5.91 Å². The molecule has 1 aliphatic heterocycles. The summed E-state index contributed by atoms with van der Waals surface area (Å²) in [5.41, 5.74) is 5.61. The van der Waals surface area contributed by atoms with Crippen LogP contribution in [-0.2, 0) is 0 Å². The second-order valence-electron chi connectivity index (χ2n) is 4.50. The summed E-state index contributed by atoms with van der Waals surface area (Å²) in [6, 6.07) is 0. The minimum Gasteiger partial charge on any atom is -0.393 e. The number of carbonyl (C=O) groups is 1. The van der Waals surface area contributed by atoms with Crippen LogP contribution >= 0.6 is 23.8 Å². The summed E-state index contributed by atoms with van der Waals surface area (Å²) in [5.74, 6) is 0.00462. The van der Waals surface area contributed by atoms with Crippen molar-refractivity contribution < 1.29 is 4.79 Å². The lowest BCUT2D eigenvalue weighted by atomic mass is 9.80. The van der Waals surface area contributed by atoms with Crippen LogP contribution in [0.15, 0.2) is 6.20 Å². The number of aromatic nitrogens is 2. The van der Waals surface area contributed by atoms with Crippen molar-refractivity contribution in [3.8, 4) is 0 Å². The Balaban J connectivity index is 2.00. The van der Waals surface area contributed by atoms with Crippen LogP contribution in [-0.4, -0.2) is 38.5 Å². The zero-order valence-electron chi connectivity index (χ0n) is 9.55. The molecule has 0 spiro atoms. The van der Waals surface area contributed by atoms with E-state index in [1.807, 2.05) is 4.90 Å². The van der Waals surface area contributed by atoms with Crippen LogP contribution in [0.25, 0.3) is 0 Å². The Kier molecular flexibility index (Phi) is 3.39. The zero-order valence-corrected chi connectivity index (χ0v) is 11.2. The molecule has 2 heterocycles. The minimum atomic E-state index is -0.113. The topological polar surface area (TPSA) is 72.1 Å². The Morgan fingerprint density at radius 3 is 2.71 bits per heavy atom. The second kappa shape index (κ2) is 4.66. The summed E-state index contributed by atoms with van der Waals surface area (Å²) in [6.45, 7) is 3.43. The number of nitrogens with two attached hydrogens (primary N) is 1. The third kappa shape index (κ3) is 2.44. The van der Waals surface area contributed by atoms with Crippen molar-refractivity contribution in [2.45, 2.75) is 19.8 Å². The molecule has 0 radical (unpaired) electrons. The smallest absolute Gasteiger partial charge is 0.267 e. The van der Waals surface area contributed by atoms with Crippen molar-refractivity contribution in [1.29, 1.82) is 0 Å². The molecule has 1 saturated heterocycles. The molecule has 7 heteroatoms. The van der Waals surface area contributed by atoms with Crippen molar-refractivity contribution >= 4 is 34.6 Å². The monoisotopic (exact) mass is 270 g/mol. The van der Waals surface area contributed by atoms with Crippen LogP contribution in [0.2, 0.25) is 0 Å². The van der Waals surface area contributed by atoms with E-state index in [1.54, 1.807) is 0 Å². The van der Waals surface area contributed by atoms with Gasteiger partial charge in [-0.3, -0.25) is 4.79 Å². The van der Waals surface area contributed by atoms with Gasteiger partial charge in [-0.05, 0) is 24.4 Å². The highest BCUT2D eigenvalue weighted by molar-refractivity contribution is 7.80. The van der Waals surface area contributed by atoms with Gasteiger partial charge in [0, 0.05) is 18.5 Å². The normalized spacial score (nSPS) is 19.0. The number of likely N-dealkylation sites (tertiary alicyclic amines) is 1. The standard InChI is InChI=1S/C10H14N4OS2/c1-10(9(11)16)2-4-14(5-3-10)8(15)7-6-12-13-17-7/h6H,2-5H2,1H3,(H2,11,16). The lowest BCUT2D eigenvalue weighted by molar-refractivity contribution is 0.0675. The molecule has 1 fully saturated rings. The van der Waals surface area contributed by atoms with E-state index in [4.69, 9.17) is 18.0 Å². The van der Waals surface area contributed by atoms with E-state index >= 15 is 0 Å². The highest BCUT2D eigenvalue weighted by atomic mass is 32.1. The van der Waals surface area contributed by atoms with Gasteiger partial charge in [-0.1, -0.05) is 23.6 Å². The molecule has 1 aromatic heterocycles. The Morgan fingerprint density at radius 1 is 1.59 bits per heavy atom. The average molecular weight is 270 g/mol. The zero-order chi connectivity index (χ0) is 12.5. The lowest BCUT2D eigenvalue weighted by Crippen LogP contribution is -2.46. The Bertz CT molecular complexity index is 424. The number of thiocarbonyl (C=S) groups is 1. The van der Waals surface area contributed by atoms with Crippen LogP contribution in [0.4, 0.5) is 0 Å². The quantitative estimate of drug-likeness (QED) is 0.814. The fraction of sp³-hybridized carbons (Fsp3) is 0.600. The number of carbonyl (C=O) groups excluding carboxylic acids is 1. The summed E-state index contributed by atoms with van der Waals surface area (Å²) >= 11 is 6.20. The third-order valence-electron chi connectivity index (χ3n) is 3.32. The van der Waals surface area contributed by atoms with E-state index in [0.29, 0.717) is 23.0 Å². The number of nitrogens with zero attached hydrogens (tertiary/aromatic N) is 3. The Hall–Kier alpha value is -1.08. The van der Waals surface area contributed by atoms with Crippen molar-refractivity contribution in [2.24, 2.45) is 11.1 Å². The van der Waals surface area contributed by atoms with E-state index in [0.717, 1.165) is 24.4 Å². The molecule has 2 N–H and O–H groups in total. The molecule has 0 aromatic carbocycles. The van der Waals surface area contributed by atoms with Gasteiger partial charge in [0.1, 0.15) is 4.88 Å². The fourth-order valence-electron chi connectivity index (χ4n) is 1.87. The molecule has 92 valence electrons. The predicted octanol–water partition coefficient (Wildman–Crippen LogP) is 1.07. The van der Waals surface area contributed by atoms with Crippen LogP contribution in [0.3, 0.4) is 0 Å². The van der Waals surface area contributed by atoms with Gasteiger partial charge >= 0.3 is 0 Å². The SMILES string of the molecule is CC1(C(N)=S)CCN(C(=O)c2cnns2)CC1. The molecule has 1 amide bonds.